The molecule has 1 amide bonds. The van der Waals surface area contributed by atoms with Gasteiger partial charge < -0.3 is 9.88 Å². The van der Waals surface area contributed by atoms with Crippen molar-refractivity contribution in [2.45, 2.75) is 13.5 Å². The lowest BCUT2D eigenvalue weighted by molar-refractivity contribution is 0.102. The van der Waals surface area contributed by atoms with Crippen LogP contribution in [0.5, 0.6) is 0 Å². The fraction of sp³-hybridized carbons (Fsp3) is 0.100. The zero-order valence-corrected chi connectivity index (χ0v) is 14.5. The summed E-state index contributed by atoms with van der Waals surface area (Å²) in [6.45, 7) is 2.34. The van der Waals surface area contributed by atoms with Gasteiger partial charge in [-0.1, -0.05) is 41.4 Å². The molecule has 0 atom stereocenters. The molecule has 5 heteroatoms. The number of nitrogens with zero attached hydrogens (tertiary/aromatic N) is 1. The van der Waals surface area contributed by atoms with Crippen molar-refractivity contribution in [1.82, 2.24) is 4.57 Å². The molecule has 0 bridgehead atoms. The molecular weight excluding hydrogens is 336 g/mol. The smallest absolute Gasteiger partial charge is 0.257 e. The van der Waals surface area contributed by atoms with Crippen molar-refractivity contribution in [3.05, 3.63) is 98.9 Å². The Labute approximate surface area is 150 Å². The predicted octanol–water partition coefficient (Wildman–Crippen LogP) is 4.11. The summed E-state index contributed by atoms with van der Waals surface area (Å²) in [6.07, 6.45) is 1.56. The van der Waals surface area contributed by atoms with E-state index in [9.17, 15) is 9.59 Å². The lowest BCUT2D eigenvalue weighted by atomic mass is 10.2. The maximum Gasteiger partial charge on any atom is 0.257 e. The maximum absolute atomic E-state index is 12.4. The van der Waals surface area contributed by atoms with Gasteiger partial charge in [0.15, 0.2) is 0 Å². The number of carbonyl (C=O) groups is 1. The first-order valence-corrected chi connectivity index (χ1v) is 8.22. The summed E-state index contributed by atoms with van der Waals surface area (Å²) >= 11 is 5.98. The van der Waals surface area contributed by atoms with Gasteiger partial charge in [0.05, 0.1) is 12.1 Å². The molecular formula is C20H17ClN2O2. The third kappa shape index (κ3) is 4.37. The molecule has 0 saturated heterocycles. The number of hydrogen-bond donors (Lipinski definition) is 1. The second-order valence-electron chi connectivity index (χ2n) is 5.83. The number of rotatable bonds is 4. The van der Waals surface area contributed by atoms with E-state index in [0.29, 0.717) is 22.8 Å². The molecule has 3 rings (SSSR count). The topological polar surface area (TPSA) is 51.1 Å². The lowest BCUT2D eigenvalue weighted by Gasteiger charge is -2.10. The highest BCUT2D eigenvalue weighted by Crippen LogP contribution is 2.13. The molecule has 0 spiro atoms. The predicted molar refractivity (Wildman–Crippen MR) is 100 cm³/mol. The first-order valence-electron chi connectivity index (χ1n) is 7.84. The largest absolute Gasteiger partial charge is 0.322 e. The number of hydrogen-bond acceptors (Lipinski definition) is 2. The van der Waals surface area contributed by atoms with Crippen molar-refractivity contribution >= 4 is 23.2 Å². The van der Waals surface area contributed by atoms with E-state index >= 15 is 0 Å². The zero-order chi connectivity index (χ0) is 17.8. The summed E-state index contributed by atoms with van der Waals surface area (Å²) in [5.74, 6) is -0.260. The highest BCUT2D eigenvalue weighted by molar-refractivity contribution is 6.30. The molecule has 1 heterocycles. The molecule has 0 aliphatic rings. The Morgan fingerprint density at radius 1 is 1.08 bits per heavy atom. The lowest BCUT2D eigenvalue weighted by Crippen LogP contribution is -2.22. The minimum Gasteiger partial charge on any atom is -0.322 e. The number of benzene rings is 2. The number of halogens is 1. The minimum atomic E-state index is -0.260. The van der Waals surface area contributed by atoms with Crippen LogP contribution < -0.4 is 10.9 Å². The second-order valence-corrected chi connectivity index (χ2v) is 6.27. The van der Waals surface area contributed by atoms with Crippen LogP contribution >= 0.6 is 11.6 Å². The Bertz CT molecular complexity index is 962. The van der Waals surface area contributed by atoms with E-state index in [2.05, 4.69) is 5.32 Å². The van der Waals surface area contributed by atoms with Crippen molar-refractivity contribution < 1.29 is 4.79 Å². The summed E-state index contributed by atoms with van der Waals surface area (Å²) in [5, 5.41) is 3.44. The van der Waals surface area contributed by atoms with E-state index in [1.807, 2.05) is 43.3 Å². The molecule has 0 saturated carbocycles. The van der Waals surface area contributed by atoms with Gasteiger partial charge in [0, 0.05) is 23.0 Å². The van der Waals surface area contributed by atoms with Crippen molar-refractivity contribution in [1.29, 1.82) is 0 Å². The number of aryl methyl sites for hydroxylation is 1. The fourth-order valence-corrected chi connectivity index (χ4v) is 2.67. The monoisotopic (exact) mass is 352 g/mol. The zero-order valence-electron chi connectivity index (χ0n) is 13.7. The maximum atomic E-state index is 12.4. The molecule has 0 aliphatic heterocycles. The van der Waals surface area contributed by atoms with Gasteiger partial charge in [-0.3, -0.25) is 9.59 Å². The van der Waals surface area contributed by atoms with Gasteiger partial charge >= 0.3 is 0 Å². The van der Waals surface area contributed by atoms with Gasteiger partial charge in [-0.2, -0.15) is 0 Å². The van der Waals surface area contributed by atoms with Crippen LogP contribution in [0.1, 0.15) is 21.5 Å². The molecule has 0 aliphatic carbocycles. The van der Waals surface area contributed by atoms with E-state index in [1.165, 1.54) is 16.7 Å². The summed E-state index contributed by atoms with van der Waals surface area (Å²) in [5.41, 5.74) is 2.97. The fourth-order valence-electron chi connectivity index (χ4n) is 2.46. The molecule has 0 fully saturated rings. The van der Waals surface area contributed by atoms with Gasteiger partial charge in [-0.15, -0.1) is 0 Å². The molecule has 3 aromatic rings. The highest BCUT2D eigenvalue weighted by atomic mass is 35.5. The van der Waals surface area contributed by atoms with Crippen LogP contribution in [0, 0.1) is 6.92 Å². The summed E-state index contributed by atoms with van der Waals surface area (Å²) in [4.78, 5) is 24.5. The van der Waals surface area contributed by atoms with Gasteiger partial charge in [0.2, 0.25) is 0 Å². The Morgan fingerprint density at radius 2 is 1.84 bits per heavy atom. The molecule has 4 nitrogen and oxygen atoms in total. The first-order chi connectivity index (χ1) is 12.0. The third-order valence-corrected chi connectivity index (χ3v) is 4.03. The Balaban J connectivity index is 1.82. The number of amides is 1. The summed E-state index contributed by atoms with van der Waals surface area (Å²) in [6, 6.07) is 17.8. The average Bonchev–Trinajstić information content (AvgIpc) is 2.59. The molecule has 0 radical (unpaired) electrons. The Kier molecular flexibility index (Phi) is 5.00. The normalized spacial score (nSPS) is 10.5. The summed E-state index contributed by atoms with van der Waals surface area (Å²) < 4.78 is 1.50. The molecule has 126 valence electrons. The molecule has 25 heavy (non-hydrogen) atoms. The van der Waals surface area contributed by atoms with Crippen LogP contribution in [0.4, 0.5) is 5.69 Å². The van der Waals surface area contributed by atoms with Crippen molar-refractivity contribution in [2.75, 3.05) is 5.32 Å². The average molecular weight is 353 g/mol. The SMILES string of the molecule is Cc1ccc(NC(=O)c2ccc(=O)n(Cc3cccc(Cl)c3)c2)cc1. The van der Waals surface area contributed by atoms with Crippen molar-refractivity contribution in [3.8, 4) is 0 Å². The van der Waals surface area contributed by atoms with Gasteiger partial charge in [-0.05, 0) is 42.8 Å². The minimum absolute atomic E-state index is 0.174. The van der Waals surface area contributed by atoms with Gasteiger partial charge in [-0.25, -0.2) is 0 Å². The van der Waals surface area contributed by atoms with Crippen molar-refractivity contribution in [2.24, 2.45) is 0 Å². The first kappa shape index (κ1) is 17.0. The number of pyridine rings is 1. The van der Waals surface area contributed by atoms with Crippen LogP contribution in [0.2, 0.25) is 5.02 Å². The molecule has 0 unspecified atom stereocenters. The van der Waals surface area contributed by atoms with E-state index in [-0.39, 0.29) is 11.5 Å². The third-order valence-electron chi connectivity index (χ3n) is 3.80. The second kappa shape index (κ2) is 7.36. The van der Waals surface area contributed by atoms with Crippen molar-refractivity contribution in [3.63, 3.8) is 0 Å². The highest BCUT2D eigenvalue weighted by Gasteiger charge is 2.09. The molecule has 2 aromatic carbocycles. The number of aromatic nitrogens is 1. The van der Waals surface area contributed by atoms with Crippen LogP contribution in [0.3, 0.4) is 0 Å². The number of nitrogens with one attached hydrogen (secondary N) is 1. The number of carbonyl (C=O) groups excluding carboxylic acids is 1. The van der Waals surface area contributed by atoms with E-state index < -0.39 is 0 Å². The van der Waals surface area contributed by atoms with Crippen LogP contribution in [0.25, 0.3) is 0 Å². The molecule has 1 aromatic heterocycles. The van der Waals surface area contributed by atoms with E-state index in [4.69, 9.17) is 11.6 Å². The Morgan fingerprint density at radius 3 is 2.56 bits per heavy atom. The van der Waals surface area contributed by atoms with E-state index in [0.717, 1.165) is 11.1 Å². The van der Waals surface area contributed by atoms with Gasteiger partial charge in [0.25, 0.3) is 11.5 Å². The molecule has 1 N–H and O–H groups in total. The summed E-state index contributed by atoms with van der Waals surface area (Å²) in [7, 11) is 0. The quantitative estimate of drug-likeness (QED) is 0.768. The standard InChI is InChI=1S/C20H17ClN2O2/c1-14-5-8-18(9-6-14)22-20(25)16-7-10-19(24)23(13-16)12-15-3-2-4-17(21)11-15/h2-11,13H,12H2,1H3,(H,22,25). The van der Waals surface area contributed by atoms with E-state index in [1.54, 1.807) is 18.3 Å². The van der Waals surface area contributed by atoms with Gasteiger partial charge in [0.1, 0.15) is 0 Å². The Hall–Kier alpha value is -2.85. The van der Waals surface area contributed by atoms with Crippen LogP contribution in [0.15, 0.2) is 71.7 Å². The number of anilines is 1. The van der Waals surface area contributed by atoms with Crippen LogP contribution in [-0.2, 0) is 6.54 Å². The van der Waals surface area contributed by atoms with Crippen LogP contribution in [-0.4, -0.2) is 10.5 Å².